The molecule has 1 unspecified atom stereocenters. The summed E-state index contributed by atoms with van der Waals surface area (Å²) in [4.78, 5) is 16.3. The van der Waals surface area contributed by atoms with E-state index in [0.717, 1.165) is 5.69 Å². The van der Waals surface area contributed by atoms with Crippen LogP contribution in [0.25, 0.3) is 0 Å². The second-order valence-electron chi connectivity index (χ2n) is 4.05. The Morgan fingerprint density at radius 1 is 1.35 bits per heavy atom. The molecule has 0 spiro atoms. The van der Waals surface area contributed by atoms with Crippen molar-refractivity contribution >= 4 is 18.0 Å². The number of guanidine groups is 1. The third kappa shape index (κ3) is 2.56. The van der Waals surface area contributed by atoms with E-state index in [9.17, 15) is 0 Å². The smallest absolute Gasteiger partial charge is 0.209 e. The van der Waals surface area contributed by atoms with Crippen LogP contribution < -0.4 is 16.4 Å². The van der Waals surface area contributed by atoms with E-state index in [2.05, 4.69) is 30.6 Å². The molecule has 0 bridgehead atoms. The predicted octanol–water partition coefficient (Wildman–Crippen LogP) is 0.145. The normalized spacial score (nSPS) is 23.2. The van der Waals surface area contributed by atoms with Crippen LogP contribution in [-0.4, -0.2) is 28.1 Å². The Hall–Kier alpha value is -2.02. The minimum Gasteiger partial charge on any atom is -0.323 e. The van der Waals surface area contributed by atoms with Crippen molar-refractivity contribution in [2.24, 2.45) is 21.6 Å². The average Bonchev–Trinajstić information content (AvgIpc) is 2.30. The lowest BCUT2D eigenvalue weighted by Gasteiger charge is -2.28. The maximum atomic E-state index is 6.05. The van der Waals surface area contributed by atoms with Crippen molar-refractivity contribution in [1.29, 1.82) is 0 Å². The van der Waals surface area contributed by atoms with E-state index in [1.54, 1.807) is 18.7 Å². The van der Waals surface area contributed by atoms with E-state index in [4.69, 9.17) is 5.73 Å². The molecule has 0 saturated heterocycles. The Labute approximate surface area is 99.3 Å². The average molecular weight is 233 g/mol. The van der Waals surface area contributed by atoms with E-state index in [0.29, 0.717) is 5.96 Å². The molecule has 90 valence electrons. The molecular formula is C10H15N7. The first-order chi connectivity index (χ1) is 8.10. The van der Waals surface area contributed by atoms with Crippen LogP contribution in [0.4, 0.5) is 5.69 Å². The first-order valence-corrected chi connectivity index (χ1v) is 5.31. The molecule has 1 aromatic rings. The molecular weight excluding hydrogens is 218 g/mol. The number of rotatable bonds is 2. The van der Waals surface area contributed by atoms with Crippen LogP contribution in [0.3, 0.4) is 0 Å². The molecule has 1 atom stereocenters. The third-order valence-corrected chi connectivity index (χ3v) is 2.44. The molecule has 0 aliphatic carbocycles. The van der Waals surface area contributed by atoms with Crippen molar-refractivity contribution in [3.63, 3.8) is 0 Å². The Balaban J connectivity index is 2.15. The molecule has 1 aliphatic heterocycles. The quantitative estimate of drug-likeness (QED) is 0.674. The van der Waals surface area contributed by atoms with Gasteiger partial charge >= 0.3 is 0 Å². The standard InChI is InChI=1S/C10H15N7/c1-7(2)10(11)15-6-14-9(17-10)16-8-3-12-5-13-4-8/h3-7H,11H2,1-2H3,(H2,14,15,16,17). The van der Waals surface area contributed by atoms with E-state index in [-0.39, 0.29) is 5.92 Å². The minimum atomic E-state index is -0.927. The van der Waals surface area contributed by atoms with Gasteiger partial charge in [0.25, 0.3) is 0 Å². The van der Waals surface area contributed by atoms with Crippen molar-refractivity contribution in [1.82, 2.24) is 15.3 Å². The van der Waals surface area contributed by atoms with Crippen molar-refractivity contribution < 1.29 is 0 Å². The molecule has 2 rings (SSSR count). The maximum Gasteiger partial charge on any atom is 0.209 e. The monoisotopic (exact) mass is 233 g/mol. The van der Waals surface area contributed by atoms with Gasteiger partial charge in [-0.25, -0.2) is 20.0 Å². The number of nitrogens with one attached hydrogen (secondary N) is 2. The molecule has 0 aromatic carbocycles. The Morgan fingerprint density at radius 3 is 2.71 bits per heavy atom. The molecule has 7 heteroatoms. The highest BCUT2D eigenvalue weighted by molar-refractivity contribution is 6.01. The summed E-state index contributed by atoms with van der Waals surface area (Å²) in [6.07, 6.45) is 6.30. The van der Waals surface area contributed by atoms with Gasteiger partial charge in [0.2, 0.25) is 11.7 Å². The first kappa shape index (κ1) is 11.5. The second kappa shape index (κ2) is 4.46. The zero-order valence-electron chi connectivity index (χ0n) is 9.75. The molecule has 0 fully saturated rings. The lowest BCUT2D eigenvalue weighted by molar-refractivity contribution is 0.336. The summed E-state index contributed by atoms with van der Waals surface area (Å²) in [6.45, 7) is 3.94. The Morgan fingerprint density at radius 2 is 2.06 bits per heavy atom. The fraction of sp³-hybridized carbons (Fsp3) is 0.400. The molecule has 0 amide bonds. The highest BCUT2D eigenvalue weighted by Gasteiger charge is 2.29. The van der Waals surface area contributed by atoms with Gasteiger partial charge in [-0.3, -0.25) is 5.73 Å². The van der Waals surface area contributed by atoms with Gasteiger partial charge in [-0.2, -0.15) is 0 Å². The van der Waals surface area contributed by atoms with E-state index >= 15 is 0 Å². The van der Waals surface area contributed by atoms with Gasteiger partial charge in [-0.15, -0.1) is 0 Å². The highest BCUT2D eigenvalue weighted by atomic mass is 15.3. The van der Waals surface area contributed by atoms with Crippen LogP contribution in [0.15, 0.2) is 28.7 Å². The fourth-order valence-corrected chi connectivity index (χ4v) is 1.28. The van der Waals surface area contributed by atoms with Crippen molar-refractivity contribution in [2.45, 2.75) is 19.6 Å². The van der Waals surface area contributed by atoms with Gasteiger partial charge in [0.1, 0.15) is 6.33 Å². The van der Waals surface area contributed by atoms with Gasteiger partial charge in [0.05, 0.1) is 24.4 Å². The summed E-state index contributed by atoms with van der Waals surface area (Å²) in [6, 6.07) is 0. The van der Waals surface area contributed by atoms with E-state index in [1.807, 2.05) is 13.8 Å². The molecule has 7 nitrogen and oxygen atoms in total. The maximum absolute atomic E-state index is 6.05. The number of aromatic nitrogens is 2. The van der Waals surface area contributed by atoms with Gasteiger partial charge in [0.15, 0.2) is 0 Å². The first-order valence-electron chi connectivity index (χ1n) is 5.31. The topological polar surface area (TPSA) is 101 Å². The number of nitrogens with zero attached hydrogens (tertiary/aromatic N) is 4. The molecule has 4 N–H and O–H groups in total. The lowest BCUT2D eigenvalue weighted by Crippen LogP contribution is -2.49. The molecule has 0 radical (unpaired) electrons. The van der Waals surface area contributed by atoms with Gasteiger partial charge < -0.3 is 10.6 Å². The summed E-state index contributed by atoms with van der Waals surface area (Å²) in [5.41, 5.74) is 6.79. The summed E-state index contributed by atoms with van der Waals surface area (Å²) >= 11 is 0. The van der Waals surface area contributed by atoms with Crippen molar-refractivity contribution in [3.8, 4) is 0 Å². The molecule has 0 saturated carbocycles. The van der Waals surface area contributed by atoms with Crippen molar-refractivity contribution in [3.05, 3.63) is 18.7 Å². The van der Waals surface area contributed by atoms with Crippen LogP contribution in [0, 0.1) is 5.92 Å². The largest absolute Gasteiger partial charge is 0.323 e. The minimum absolute atomic E-state index is 0.102. The number of nitrogens with two attached hydrogens (primary N) is 1. The predicted molar refractivity (Wildman–Crippen MR) is 66.5 cm³/mol. The SMILES string of the molecule is CC(C)C1(N)N=CNC(Nc2cncnc2)=N1. The summed E-state index contributed by atoms with van der Waals surface area (Å²) in [5.74, 6) is -0.292. The van der Waals surface area contributed by atoms with Crippen LogP contribution in [-0.2, 0) is 0 Å². The van der Waals surface area contributed by atoms with Crippen LogP contribution >= 0.6 is 0 Å². The van der Waals surface area contributed by atoms with Gasteiger partial charge in [0, 0.05) is 5.92 Å². The summed E-state index contributed by atoms with van der Waals surface area (Å²) in [7, 11) is 0. The van der Waals surface area contributed by atoms with E-state index < -0.39 is 5.79 Å². The number of hydrogen-bond donors (Lipinski definition) is 3. The molecule has 1 aromatic heterocycles. The van der Waals surface area contributed by atoms with Gasteiger partial charge in [-0.1, -0.05) is 13.8 Å². The molecule has 2 heterocycles. The highest BCUT2D eigenvalue weighted by Crippen LogP contribution is 2.18. The summed E-state index contributed by atoms with van der Waals surface area (Å²) in [5, 5.41) is 5.92. The molecule has 17 heavy (non-hydrogen) atoms. The molecule has 1 aliphatic rings. The second-order valence-corrected chi connectivity index (χ2v) is 4.05. The number of anilines is 1. The zero-order chi connectivity index (χ0) is 12.3. The Bertz CT molecular complexity index is 439. The van der Waals surface area contributed by atoms with E-state index in [1.165, 1.54) is 6.33 Å². The lowest BCUT2D eigenvalue weighted by atomic mass is 10.1. The number of aliphatic imine (C=N–C) groups is 2. The van der Waals surface area contributed by atoms with Crippen LogP contribution in [0.2, 0.25) is 0 Å². The zero-order valence-corrected chi connectivity index (χ0v) is 9.75. The number of hydrogen-bond acceptors (Lipinski definition) is 7. The fourth-order valence-electron chi connectivity index (χ4n) is 1.28. The Kier molecular flexibility index (Phi) is 3.01. The van der Waals surface area contributed by atoms with Crippen LogP contribution in [0.5, 0.6) is 0 Å². The van der Waals surface area contributed by atoms with Crippen molar-refractivity contribution in [2.75, 3.05) is 5.32 Å². The third-order valence-electron chi connectivity index (χ3n) is 2.44. The van der Waals surface area contributed by atoms with Gasteiger partial charge in [-0.05, 0) is 0 Å². The van der Waals surface area contributed by atoms with Crippen LogP contribution in [0.1, 0.15) is 13.8 Å². The summed E-state index contributed by atoms with van der Waals surface area (Å²) < 4.78 is 0.